The molecule has 0 aliphatic carbocycles. The Morgan fingerprint density at radius 1 is 1.17 bits per heavy atom. The summed E-state index contributed by atoms with van der Waals surface area (Å²) in [6, 6.07) is 14.8. The van der Waals surface area contributed by atoms with Crippen LogP contribution < -0.4 is 10.5 Å². The van der Waals surface area contributed by atoms with E-state index < -0.39 is 18.2 Å². The SMILES string of the molecule is C=C(C(N)=O)c1c(C)n(Cc2ccccc2)c2cccc(OC(F)C(=O)OCC)c12. The number of fused-ring (bicyclic) bond motifs is 1. The maximum absolute atomic E-state index is 14.3. The molecule has 156 valence electrons. The van der Waals surface area contributed by atoms with Crippen molar-refractivity contribution >= 4 is 28.4 Å². The Kier molecular flexibility index (Phi) is 6.20. The molecule has 0 aliphatic rings. The van der Waals surface area contributed by atoms with E-state index in [1.807, 2.05) is 47.9 Å². The molecule has 0 saturated carbocycles. The lowest BCUT2D eigenvalue weighted by Gasteiger charge is -2.13. The summed E-state index contributed by atoms with van der Waals surface area (Å²) in [4.78, 5) is 23.6. The van der Waals surface area contributed by atoms with Crippen molar-refractivity contribution in [2.75, 3.05) is 6.61 Å². The smallest absolute Gasteiger partial charge is 0.381 e. The van der Waals surface area contributed by atoms with E-state index in [0.717, 1.165) is 11.3 Å². The van der Waals surface area contributed by atoms with Crippen LogP contribution in [0, 0.1) is 6.92 Å². The van der Waals surface area contributed by atoms with Crippen LogP contribution in [0.4, 0.5) is 4.39 Å². The van der Waals surface area contributed by atoms with Crippen molar-refractivity contribution in [1.29, 1.82) is 0 Å². The molecule has 7 heteroatoms. The van der Waals surface area contributed by atoms with Crippen LogP contribution in [-0.4, -0.2) is 29.4 Å². The van der Waals surface area contributed by atoms with Crippen LogP contribution in [0.25, 0.3) is 16.5 Å². The van der Waals surface area contributed by atoms with E-state index in [1.165, 1.54) is 6.07 Å². The van der Waals surface area contributed by atoms with Crippen molar-refractivity contribution in [3.63, 3.8) is 0 Å². The summed E-state index contributed by atoms with van der Waals surface area (Å²) in [7, 11) is 0. The second-order valence-corrected chi connectivity index (χ2v) is 6.71. The van der Waals surface area contributed by atoms with Crippen LogP contribution in [0.2, 0.25) is 0 Å². The van der Waals surface area contributed by atoms with Crippen molar-refractivity contribution in [2.45, 2.75) is 26.7 Å². The van der Waals surface area contributed by atoms with E-state index in [0.29, 0.717) is 23.0 Å². The van der Waals surface area contributed by atoms with Crippen molar-refractivity contribution in [3.8, 4) is 5.75 Å². The molecule has 1 unspecified atom stereocenters. The Hall–Kier alpha value is -3.61. The van der Waals surface area contributed by atoms with E-state index in [-0.39, 0.29) is 17.9 Å². The van der Waals surface area contributed by atoms with E-state index in [9.17, 15) is 14.0 Å². The lowest BCUT2D eigenvalue weighted by atomic mass is 10.0. The lowest BCUT2D eigenvalue weighted by molar-refractivity contribution is -0.159. The zero-order valence-electron chi connectivity index (χ0n) is 16.9. The first-order chi connectivity index (χ1) is 14.3. The van der Waals surface area contributed by atoms with Crippen LogP contribution >= 0.6 is 0 Å². The molecule has 3 rings (SSSR count). The first-order valence-corrected chi connectivity index (χ1v) is 9.47. The van der Waals surface area contributed by atoms with Gasteiger partial charge >= 0.3 is 12.3 Å². The molecule has 2 N–H and O–H groups in total. The van der Waals surface area contributed by atoms with E-state index in [4.69, 9.17) is 10.5 Å². The Bertz CT molecular complexity index is 1110. The van der Waals surface area contributed by atoms with Crippen LogP contribution in [0.15, 0.2) is 55.1 Å². The lowest BCUT2D eigenvalue weighted by Crippen LogP contribution is -2.24. The van der Waals surface area contributed by atoms with Crippen molar-refractivity contribution in [1.82, 2.24) is 4.57 Å². The van der Waals surface area contributed by atoms with Gasteiger partial charge in [0.15, 0.2) is 0 Å². The van der Waals surface area contributed by atoms with Gasteiger partial charge in [0, 0.05) is 23.4 Å². The van der Waals surface area contributed by atoms with Gasteiger partial charge < -0.3 is 19.8 Å². The predicted octanol–water partition coefficient (Wildman–Crippen LogP) is 3.73. The number of halogens is 1. The molecule has 0 fully saturated rings. The number of nitrogens with zero attached hydrogens (tertiary/aromatic N) is 1. The highest BCUT2D eigenvalue weighted by molar-refractivity contribution is 6.22. The van der Waals surface area contributed by atoms with Crippen LogP contribution in [0.1, 0.15) is 23.7 Å². The minimum atomic E-state index is -2.30. The average Bonchev–Trinajstić information content (AvgIpc) is 3.01. The van der Waals surface area contributed by atoms with E-state index >= 15 is 0 Å². The minimum Gasteiger partial charge on any atom is -0.461 e. The number of amides is 1. The first kappa shape index (κ1) is 21.1. The van der Waals surface area contributed by atoms with Gasteiger partial charge in [0.05, 0.1) is 17.5 Å². The van der Waals surface area contributed by atoms with Gasteiger partial charge in [0.25, 0.3) is 0 Å². The quantitative estimate of drug-likeness (QED) is 0.453. The third kappa shape index (κ3) is 4.05. The van der Waals surface area contributed by atoms with Gasteiger partial charge in [-0.1, -0.05) is 43.0 Å². The highest BCUT2D eigenvalue weighted by atomic mass is 19.1. The number of primary amides is 1. The van der Waals surface area contributed by atoms with Crippen molar-refractivity contribution in [2.24, 2.45) is 5.73 Å². The summed E-state index contributed by atoms with van der Waals surface area (Å²) in [6.45, 7) is 7.76. The largest absolute Gasteiger partial charge is 0.461 e. The molecule has 1 atom stereocenters. The number of hydrogen-bond acceptors (Lipinski definition) is 4. The summed E-state index contributed by atoms with van der Waals surface area (Å²) < 4.78 is 26.3. The number of esters is 1. The molecule has 1 heterocycles. The molecule has 30 heavy (non-hydrogen) atoms. The monoisotopic (exact) mass is 410 g/mol. The summed E-state index contributed by atoms with van der Waals surface area (Å²) in [6.07, 6.45) is -2.30. The fourth-order valence-electron chi connectivity index (χ4n) is 3.42. The van der Waals surface area contributed by atoms with Gasteiger partial charge in [0.1, 0.15) is 5.75 Å². The number of aromatic nitrogens is 1. The maximum Gasteiger partial charge on any atom is 0.381 e. The average molecular weight is 410 g/mol. The zero-order valence-corrected chi connectivity index (χ0v) is 16.9. The number of ether oxygens (including phenoxy) is 2. The summed E-state index contributed by atoms with van der Waals surface area (Å²) >= 11 is 0. The Balaban J connectivity index is 2.17. The molecular weight excluding hydrogens is 387 g/mol. The molecule has 2 aromatic carbocycles. The second kappa shape index (κ2) is 8.82. The third-order valence-electron chi connectivity index (χ3n) is 4.80. The van der Waals surface area contributed by atoms with E-state index in [2.05, 4.69) is 11.3 Å². The van der Waals surface area contributed by atoms with Gasteiger partial charge in [0.2, 0.25) is 5.91 Å². The van der Waals surface area contributed by atoms with Gasteiger partial charge in [-0.25, -0.2) is 4.79 Å². The molecular formula is C23H23FN2O4. The number of nitrogens with two attached hydrogens (primary N) is 1. The molecule has 0 spiro atoms. The van der Waals surface area contributed by atoms with Crippen molar-refractivity contribution in [3.05, 3.63) is 71.9 Å². The Morgan fingerprint density at radius 3 is 2.50 bits per heavy atom. The number of carbonyl (C=O) groups excluding carboxylic acids is 2. The predicted molar refractivity (Wildman–Crippen MR) is 113 cm³/mol. The number of benzene rings is 2. The van der Waals surface area contributed by atoms with Crippen LogP contribution in [-0.2, 0) is 20.9 Å². The Morgan fingerprint density at radius 2 is 1.87 bits per heavy atom. The molecule has 0 saturated heterocycles. The summed E-state index contributed by atoms with van der Waals surface area (Å²) in [5, 5.41) is 0.460. The second-order valence-electron chi connectivity index (χ2n) is 6.71. The first-order valence-electron chi connectivity index (χ1n) is 9.47. The third-order valence-corrected chi connectivity index (χ3v) is 4.80. The fourth-order valence-corrected chi connectivity index (χ4v) is 3.42. The number of hydrogen-bond donors (Lipinski definition) is 1. The molecule has 6 nitrogen and oxygen atoms in total. The zero-order chi connectivity index (χ0) is 21.8. The standard InChI is InChI=1S/C23H23FN2O4/c1-4-29-23(28)21(24)30-18-12-8-11-17-20(18)19(14(2)22(25)27)15(3)26(17)13-16-9-6-5-7-10-16/h5-12,21H,2,4,13H2,1,3H3,(H2,25,27). The molecule has 0 aliphatic heterocycles. The maximum atomic E-state index is 14.3. The molecule has 0 radical (unpaired) electrons. The Labute approximate surface area is 173 Å². The van der Waals surface area contributed by atoms with Gasteiger partial charge in [-0.3, -0.25) is 4.79 Å². The normalized spacial score (nSPS) is 11.8. The topological polar surface area (TPSA) is 83.5 Å². The highest BCUT2D eigenvalue weighted by Gasteiger charge is 2.26. The molecule has 1 aromatic heterocycles. The van der Waals surface area contributed by atoms with Crippen LogP contribution in [0.3, 0.4) is 0 Å². The highest BCUT2D eigenvalue weighted by Crippen LogP contribution is 2.38. The molecule has 1 amide bonds. The summed E-state index contributed by atoms with van der Waals surface area (Å²) in [5.41, 5.74) is 8.48. The fraction of sp³-hybridized carbons (Fsp3) is 0.217. The van der Waals surface area contributed by atoms with Gasteiger partial charge in [-0.15, -0.1) is 0 Å². The van der Waals surface area contributed by atoms with Crippen LogP contribution in [0.5, 0.6) is 5.75 Å². The molecule has 0 bridgehead atoms. The minimum absolute atomic E-state index is 0.0309. The van der Waals surface area contributed by atoms with E-state index in [1.54, 1.807) is 13.0 Å². The number of alkyl halides is 1. The number of rotatable bonds is 8. The van der Waals surface area contributed by atoms with Gasteiger partial charge in [-0.05, 0) is 31.5 Å². The number of carbonyl (C=O) groups is 2. The van der Waals surface area contributed by atoms with Gasteiger partial charge in [-0.2, -0.15) is 4.39 Å². The summed E-state index contributed by atoms with van der Waals surface area (Å²) in [5.74, 6) is -1.72. The molecule has 3 aromatic rings. The van der Waals surface area contributed by atoms with Crippen molar-refractivity contribution < 1.29 is 23.5 Å².